The van der Waals surface area contributed by atoms with Crippen molar-refractivity contribution in [2.24, 2.45) is 0 Å². The first-order valence-corrected chi connectivity index (χ1v) is 9.23. The number of nitrogens with one attached hydrogen (secondary N) is 1. The number of hydrogen-bond acceptors (Lipinski definition) is 3. The van der Waals surface area contributed by atoms with E-state index in [9.17, 15) is 4.79 Å². The van der Waals surface area contributed by atoms with Crippen molar-refractivity contribution < 1.29 is 9.53 Å². The fourth-order valence-electron chi connectivity index (χ4n) is 2.69. The van der Waals surface area contributed by atoms with E-state index in [0.29, 0.717) is 30.2 Å². The molecule has 2 aromatic carbocycles. The Hall–Kier alpha value is -2.20. The lowest BCUT2D eigenvalue weighted by Crippen LogP contribution is -2.25. The Morgan fingerprint density at radius 1 is 1.08 bits per heavy atom. The number of methoxy groups -OCH3 is 1. The lowest BCUT2D eigenvalue weighted by molar-refractivity contribution is -0.121. The minimum Gasteiger partial charge on any atom is -0.495 e. The smallest absolute Gasteiger partial charge is 0.220 e. The molecule has 0 aliphatic rings. The Morgan fingerprint density at radius 3 is 2.38 bits per heavy atom. The van der Waals surface area contributed by atoms with Crippen molar-refractivity contribution in [3.05, 3.63) is 58.6 Å². The summed E-state index contributed by atoms with van der Waals surface area (Å²) in [6.07, 6.45) is 3.02. The molecule has 0 bridgehead atoms. The summed E-state index contributed by atoms with van der Waals surface area (Å²) in [5, 5.41) is 3.56. The summed E-state index contributed by atoms with van der Waals surface area (Å²) in [5.41, 5.74) is 3.52. The summed E-state index contributed by atoms with van der Waals surface area (Å²) in [6, 6.07) is 14.1. The van der Waals surface area contributed by atoms with Crippen molar-refractivity contribution in [3.8, 4) is 5.75 Å². The van der Waals surface area contributed by atoms with Crippen LogP contribution >= 0.6 is 11.6 Å². The topological polar surface area (TPSA) is 41.6 Å². The van der Waals surface area contributed by atoms with E-state index in [1.54, 1.807) is 7.11 Å². The molecule has 0 aromatic heterocycles. The van der Waals surface area contributed by atoms with Crippen molar-refractivity contribution in [1.29, 1.82) is 0 Å². The first-order valence-electron chi connectivity index (χ1n) is 8.85. The largest absolute Gasteiger partial charge is 0.495 e. The van der Waals surface area contributed by atoms with Crippen LogP contribution in [0.2, 0.25) is 5.02 Å². The van der Waals surface area contributed by atoms with Gasteiger partial charge in [0.1, 0.15) is 5.75 Å². The zero-order valence-electron chi connectivity index (χ0n) is 15.7. The summed E-state index contributed by atoms with van der Waals surface area (Å²) in [5.74, 6) is 0.721. The van der Waals surface area contributed by atoms with Crippen molar-refractivity contribution in [3.63, 3.8) is 0 Å². The standard InChI is InChI=1S/C21H27ClN2O2/c1-24(2)18-10-6-16(7-11-18)5-4-14-23-21(25)13-9-17-8-12-20(26-3)19(22)15-17/h6-8,10-12,15H,4-5,9,13-14H2,1-3H3,(H,23,25). The Kier molecular flexibility index (Phi) is 7.79. The maximum atomic E-state index is 12.0. The number of carbonyl (C=O) groups excluding carboxylic acids is 1. The predicted molar refractivity (Wildman–Crippen MR) is 108 cm³/mol. The summed E-state index contributed by atoms with van der Waals surface area (Å²) in [6.45, 7) is 0.692. The predicted octanol–water partition coefficient (Wildman–Crippen LogP) is 4.10. The zero-order valence-corrected chi connectivity index (χ0v) is 16.5. The normalized spacial score (nSPS) is 10.5. The van der Waals surface area contributed by atoms with Gasteiger partial charge in [0, 0.05) is 32.7 Å². The van der Waals surface area contributed by atoms with E-state index < -0.39 is 0 Å². The number of nitrogens with zero attached hydrogens (tertiary/aromatic N) is 1. The van der Waals surface area contributed by atoms with Crippen LogP contribution in [-0.2, 0) is 17.6 Å². The highest BCUT2D eigenvalue weighted by atomic mass is 35.5. The van der Waals surface area contributed by atoms with Gasteiger partial charge in [-0.15, -0.1) is 0 Å². The fourth-order valence-corrected chi connectivity index (χ4v) is 2.97. The van der Waals surface area contributed by atoms with Gasteiger partial charge in [0.05, 0.1) is 12.1 Å². The molecule has 140 valence electrons. The summed E-state index contributed by atoms with van der Waals surface area (Å²) < 4.78 is 5.13. The summed E-state index contributed by atoms with van der Waals surface area (Å²) in [7, 11) is 5.65. The van der Waals surface area contributed by atoms with Crippen LogP contribution in [0.15, 0.2) is 42.5 Å². The number of hydrogen-bond donors (Lipinski definition) is 1. The second-order valence-electron chi connectivity index (χ2n) is 6.48. The van der Waals surface area contributed by atoms with Crippen LogP contribution in [-0.4, -0.2) is 33.7 Å². The molecule has 0 unspecified atom stereocenters. The third-order valence-corrected chi connectivity index (χ3v) is 4.57. The molecule has 1 amide bonds. The van der Waals surface area contributed by atoms with Crippen LogP contribution in [0.25, 0.3) is 0 Å². The molecule has 0 aliphatic heterocycles. The molecule has 0 aliphatic carbocycles. The Balaban J connectivity index is 1.66. The molecule has 5 heteroatoms. The molecule has 0 atom stereocenters. The molecule has 2 aromatic rings. The number of carbonyl (C=O) groups is 1. The van der Waals surface area contributed by atoms with Gasteiger partial charge in [0.15, 0.2) is 0 Å². The fraction of sp³-hybridized carbons (Fsp3) is 0.381. The first-order chi connectivity index (χ1) is 12.5. The molecule has 2 rings (SSSR count). The van der Waals surface area contributed by atoms with Crippen LogP contribution in [0.3, 0.4) is 0 Å². The SMILES string of the molecule is COc1ccc(CCC(=O)NCCCc2ccc(N(C)C)cc2)cc1Cl. The van der Waals surface area contributed by atoms with Crippen LogP contribution in [0, 0.1) is 0 Å². The van der Waals surface area contributed by atoms with Gasteiger partial charge >= 0.3 is 0 Å². The van der Waals surface area contributed by atoms with Crippen LogP contribution in [0.4, 0.5) is 5.69 Å². The third kappa shape index (κ3) is 6.26. The molecule has 1 N–H and O–H groups in total. The number of halogens is 1. The first kappa shape index (κ1) is 20.1. The molecule has 0 heterocycles. The number of rotatable bonds is 9. The van der Waals surface area contributed by atoms with Gasteiger partial charge in [-0.25, -0.2) is 0 Å². The van der Waals surface area contributed by atoms with E-state index in [1.165, 1.54) is 11.3 Å². The van der Waals surface area contributed by atoms with Crippen LogP contribution in [0.1, 0.15) is 24.0 Å². The molecular weight excluding hydrogens is 348 g/mol. The quantitative estimate of drug-likeness (QED) is 0.672. The monoisotopic (exact) mass is 374 g/mol. The highest BCUT2D eigenvalue weighted by Gasteiger charge is 2.05. The average molecular weight is 375 g/mol. The maximum absolute atomic E-state index is 12.0. The average Bonchev–Trinajstić information content (AvgIpc) is 2.64. The van der Waals surface area contributed by atoms with Crippen LogP contribution in [0.5, 0.6) is 5.75 Å². The van der Waals surface area contributed by atoms with E-state index >= 15 is 0 Å². The minimum absolute atomic E-state index is 0.0693. The molecule has 0 spiro atoms. The van der Waals surface area contributed by atoms with E-state index in [1.807, 2.05) is 32.3 Å². The zero-order chi connectivity index (χ0) is 18.9. The second-order valence-corrected chi connectivity index (χ2v) is 6.89. The molecule has 0 saturated heterocycles. The van der Waals surface area contributed by atoms with E-state index in [4.69, 9.17) is 16.3 Å². The highest BCUT2D eigenvalue weighted by molar-refractivity contribution is 6.32. The molecular formula is C21H27ClN2O2. The number of amides is 1. The Bertz CT molecular complexity index is 714. The van der Waals surface area contributed by atoms with Crippen molar-refractivity contribution >= 4 is 23.2 Å². The number of benzene rings is 2. The summed E-state index contributed by atoms with van der Waals surface area (Å²) in [4.78, 5) is 14.1. The summed E-state index contributed by atoms with van der Waals surface area (Å²) >= 11 is 6.10. The van der Waals surface area contributed by atoms with E-state index in [0.717, 1.165) is 18.4 Å². The number of aryl methyl sites for hydroxylation is 2. The van der Waals surface area contributed by atoms with Gasteiger partial charge in [-0.05, 0) is 54.7 Å². The minimum atomic E-state index is 0.0693. The molecule has 0 fully saturated rings. The van der Waals surface area contributed by atoms with Gasteiger partial charge < -0.3 is 15.0 Å². The van der Waals surface area contributed by atoms with Gasteiger partial charge in [-0.2, -0.15) is 0 Å². The Labute approximate surface area is 161 Å². The van der Waals surface area contributed by atoms with Gasteiger partial charge in [-0.1, -0.05) is 29.8 Å². The second kappa shape index (κ2) is 10.1. The lowest BCUT2D eigenvalue weighted by Gasteiger charge is -2.12. The van der Waals surface area contributed by atoms with Crippen molar-refractivity contribution in [2.45, 2.75) is 25.7 Å². The van der Waals surface area contributed by atoms with Gasteiger partial charge in [0.2, 0.25) is 5.91 Å². The molecule has 26 heavy (non-hydrogen) atoms. The third-order valence-electron chi connectivity index (χ3n) is 4.27. The number of anilines is 1. The molecule has 4 nitrogen and oxygen atoms in total. The maximum Gasteiger partial charge on any atom is 0.220 e. The van der Waals surface area contributed by atoms with Crippen molar-refractivity contribution in [2.75, 3.05) is 32.6 Å². The highest BCUT2D eigenvalue weighted by Crippen LogP contribution is 2.25. The van der Waals surface area contributed by atoms with E-state index in [2.05, 4.69) is 34.5 Å². The molecule has 0 saturated carbocycles. The van der Waals surface area contributed by atoms with E-state index in [-0.39, 0.29) is 5.91 Å². The Morgan fingerprint density at radius 2 is 1.77 bits per heavy atom. The van der Waals surface area contributed by atoms with Gasteiger partial charge in [0.25, 0.3) is 0 Å². The molecule has 0 radical (unpaired) electrons. The van der Waals surface area contributed by atoms with Crippen molar-refractivity contribution in [1.82, 2.24) is 5.32 Å². The van der Waals surface area contributed by atoms with Crippen LogP contribution < -0.4 is 15.0 Å². The number of ether oxygens (including phenoxy) is 1. The lowest BCUT2D eigenvalue weighted by atomic mass is 10.1. The van der Waals surface area contributed by atoms with Gasteiger partial charge in [-0.3, -0.25) is 4.79 Å².